The Morgan fingerprint density at radius 3 is 2.12 bits per heavy atom. The first kappa shape index (κ1) is 24.8. The molecule has 1 aromatic rings. The van der Waals surface area contributed by atoms with Crippen molar-refractivity contribution in [1.29, 1.82) is 0 Å². The summed E-state index contributed by atoms with van der Waals surface area (Å²) < 4.78 is 30.9. The zero-order chi connectivity index (χ0) is 23.6. The topological polar surface area (TPSA) is 91.5 Å². The van der Waals surface area contributed by atoms with E-state index in [9.17, 15) is 10.2 Å². The lowest BCUT2D eigenvalue weighted by Gasteiger charge is -2.30. The lowest BCUT2D eigenvalue weighted by atomic mass is 9.95. The first-order chi connectivity index (χ1) is 15.7. The second-order valence-corrected chi connectivity index (χ2v) is 10.7. The number of aromatic hydroxyl groups is 2. The van der Waals surface area contributed by atoms with Gasteiger partial charge in [-0.05, 0) is 72.6 Å². The molecule has 4 heterocycles. The Kier molecular flexibility index (Phi) is 7.60. The summed E-state index contributed by atoms with van der Waals surface area (Å²) in [5.41, 5.74) is 0.839. The van der Waals surface area contributed by atoms with Crippen LogP contribution in [-0.4, -0.2) is 58.7 Å². The second-order valence-electron chi connectivity index (χ2n) is 10.7. The van der Waals surface area contributed by atoms with Gasteiger partial charge in [-0.1, -0.05) is 0 Å². The van der Waals surface area contributed by atoms with Gasteiger partial charge in [-0.15, -0.1) is 0 Å². The van der Waals surface area contributed by atoms with Crippen LogP contribution >= 0.6 is 0 Å². The van der Waals surface area contributed by atoms with E-state index < -0.39 is 5.60 Å². The molecule has 2 saturated heterocycles. The standard InChI is InChI=1S/C25H41NO7/c1-24(2,10-12-26-22(27)20-17-8-9-18(33-17)21(20)23(26)28)31-14-11-25(3,4)32-16-15-30-19-7-5-6-13-29-19/h17-19,27-28H,5-16H2,1-4H3. The summed E-state index contributed by atoms with van der Waals surface area (Å²) in [6.45, 7) is 11.1. The maximum absolute atomic E-state index is 10.7. The SMILES string of the molecule is CC(C)(CCOC(C)(C)CCn1c(O)c2c(c1O)C1CCC2O1)OCCOC1CCCCO1. The molecular formula is C25H41NO7. The van der Waals surface area contributed by atoms with Crippen molar-refractivity contribution in [1.82, 2.24) is 4.57 Å². The Labute approximate surface area is 197 Å². The molecule has 33 heavy (non-hydrogen) atoms. The molecule has 4 rings (SSSR count). The molecule has 3 aliphatic rings. The van der Waals surface area contributed by atoms with Gasteiger partial charge in [0.15, 0.2) is 18.1 Å². The van der Waals surface area contributed by atoms with E-state index >= 15 is 0 Å². The molecule has 1 aromatic heterocycles. The van der Waals surface area contributed by atoms with Gasteiger partial charge in [0.25, 0.3) is 0 Å². The van der Waals surface area contributed by atoms with Crippen LogP contribution in [0.4, 0.5) is 0 Å². The fourth-order valence-electron chi connectivity index (χ4n) is 4.98. The Balaban J connectivity index is 1.17. The highest BCUT2D eigenvalue weighted by atomic mass is 16.7. The lowest BCUT2D eigenvalue weighted by Crippen LogP contribution is -2.33. The minimum Gasteiger partial charge on any atom is -0.494 e. The highest BCUT2D eigenvalue weighted by molar-refractivity contribution is 5.51. The zero-order valence-electron chi connectivity index (χ0n) is 20.6. The van der Waals surface area contributed by atoms with Crippen LogP contribution in [0.25, 0.3) is 0 Å². The number of nitrogens with zero attached hydrogens (tertiary/aromatic N) is 1. The van der Waals surface area contributed by atoms with Crippen molar-refractivity contribution in [3.63, 3.8) is 0 Å². The van der Waals surface area contributed by atoms with Gasteiger partial charge < -0.3 is 33.9 Å². The molecule has 0 spiro atoms. The monoisotopic (exact) mass is 467 g/mol. The van der Waals surface area contributed by atoms with Crippen LogP contribution in [0, 0.1) is 0 Å². The van der Waals surface area contributed by atoms with Crippen molar-refractivity contribution in [3.8, 4) is 11.8 Å². The Morgan fingerprint density at radius 1 is 0.848 bits per heavy atom. The number of hydrogen-bond donors (Lipinski definition) is 2. The maximum atomic E-state index is 10.7. The summed E-state index contributed by atoms with van der Waals surface area (Å²) >= 11 is 0. The first-order valence-corrected chi connectivity index (χ1v) is 12.5. The molecule has 0 saturated carbocycles. The first-order valence-electron chi connectivity index (χ1n) is 12.5. The largest absolute Gasteiger partial charge is 0.494 e. The lowest BCUT2D eigenvalue weighted by molar-refractivity contribution is -0.176. The third kappa shape index (κ3) is 5.85. The van der Waals surface area contributed by atoms with Crippen LogP contribution in [0.1, 0.15) is 96.0 Å². The van der Waals surface area contributed by atoms with Gasteiger partial charge >= 0.3 is 0 Å². The van der Waals surface area contributed by atoms with E-state index in [1.54, 1.807) is 4.57 Å². The molecule has 0 aliphatic carbocycles. The van der Waals surface area contributed by atoms with Crippen molar-refractivity contribution < 1.29 is 33.9 Å². The molecule has 0 amide bonds. The molecule has 2 N–H and O–H groups in total. The summed E-state index contributed by atoms with van der Waals surface area (Å²) in [6, 6.07) is 0. The molecule has 3 unspecified atom stereocenters. The number of fused-ring (bicyclic) bond motifs is 5. The van der Waals surface area contributed by atoms with Crippen LogP contribution < -0.4 is 0 Å². The fourth-order valence-corrected chi connectivity index (χ4v) is 4.98. The van der Waals surface area contributed by atoms with E-state index in [0.29, 0.717) is 32.8 Å². The predicted molar refractivity (Wildman–Crippen MR) is 122 cm³/mol. The molecule has 3 atom stereocenters. The molecule has 0 aromatic carbocycles. The molecule has 2 fully saturated rings. The van der Waals surface area contributed by atoms with Gasteiger partial charge in [-0.3, -0.25) is 4.57 Å². The van der Waals surface area contributed by atoms with Gasteiger partial charge in [0, 0.05) is 13.2 Å². The minimum absolute atomic E-state index is 0.0794. The molecule has 188 valence electrons. The van der Waals surface area contributed by atoms with E-state index in [4.69, 9.17) is 23.7 Å². The van der Waals surface area contributed by atoms with Gasteiger partial charge in [0.1, 0.15) is 0 Å². The van der Waals surface area contributed by atoms with E-state index in [1.807, 2.05) is 13.8 Å². The van der Waals surface area contributed by atoms with Crippen LogP contribution in [0.5, 0.6) is 11.8 Å². The van der Waals surface area contributed by atoms with Crippen molar-refractivity contribution in [2.24, 2.45) is 0 Å². The van der Waals surface area contributed by atoms with Crippen molar-refractivity contribution in [2.45, 2.75) is 109 Å². The molecule has 8 nitrogen and oxygen atoms in total. The van der Waals surface area contributed by atoms with Crippen LogP contribution in [0.15, 0.2) is 0 Å². The number of ether oxygens (including phenoxy) is 5. The third-order valence-electron chi connectivity index (χ3n) is 7.10. The molecule has 8 heteroatoms. The van der Waals surface area contributed by atoms with E-state index in [2.05, 4.69) is 13.8 Å². The van der Waals surface area contributed by atoms with E-state index in [1.165, 1.54) is 0 Å². The van der Waals surface area contributed by atoms with Crippen LogP contribution in [0.2, 0.25) is 0 Å². The third-order valence-corrected chi connectivity index (χ3v) is 7.10. The Hall–Kier alpha value is -1.32. The second kappa shape index (κ2) is 10.1. The van der Waals surface area contributed by atoms with Crippen molar-refractivity contribution in [3.05, 3.63) is 11.1 Å². The number of hydrogen-bond acceptors (Lipinski definition) is 7. The molecule has 0 radical (unpaired) electrons. The van der Waals surface area contributed by atoms with Crippen LogP contribution in [-0.2, 0) is 30.2 Å². The summed E-state index contributed by atoms with van der Waals surface area (Å²) in [6.07, 6.45) is 6.22. The van der Waals surface area contributed by atoms with E-state index in [0.717, 1.165) is 56.3 Å². The number of aromatic nitrogens is 1. The summed E-state index contributed by atoms with van der Waals surface area (Å²) in [7, 11) is 0. The summed E-state index contributed by atoms with van der Waals surface area (Å²) in [4.78, 5) is 0. The zero-order valence-corrected chi connectivity index (χ0v) is 20.6. The predicted octanol–water partition coefficient (Wildman–Crippen LogP) is 4.72. The molecule has 2 bridgehead atoms. The smallest absolute Gasteiger partial charge is 0.200 e. The normalized spacial score (nSPS) is 25.0. The molecule has 3 aliphatic heterocycles. The molecular weight excluding hydrogens is 426 g/mol. The van der Waals surface area contributed by atoms with Crippen LogP contribution in [0.3, 0.4) is 0 Å². The van der Waals surface area contributed by atoms with Gasteiger partial charge in [0.2, 0.25) is 0 Å². The quantitative estimate of drug-likeness (QED) is 0.430. The maximum Gasteiger partial charge on any atom is 0.200 e. The highest BCUT2D eigenvalue weighted by Gasteiger charge is 2.45. The van der Waals surface area contributed by atoms with Gasteiger partial charge in [-0.2, -0.15) is 0 Å². The van der Waals surface area contributed by atoms with Crippen molar-refractivity contribution in [2.75, 3.05) is 26.4 Å². The van der Waals surface area contributed by atoms with Gasteiger partial charge in [-0.25, -0.2) is 0 Å². The van der Waals surface area contributed by atoms with E-state index in [-0.39, 0.29) is 35.9 Å². The Morgan fingerprint density at radius 2 is 1.48 bits per heavy atom. The summed E-state index contributed by atoms with van der Waals surface area (Å²) in [5.74, 6) is 0.279. The average Bonchev–Trinajstić information content (AvgIpc) is 3.44. The van der Waals surface area contributed by atoms with Crippen molar-refractivity contribution >= 4 is 0 Å². The number of rotatable bonds is 12. The van der Waals surface area contributed by atoms with Gasteiger partial charge in [0.05, 0.1) is 54.4 Å². The highest BCUT2D eigenvalue weighted by Crippen LogP contribution is 2.57. The Bertz CT molecular complexity index is 764. The summed E-state index contributed by atoms with van der Waals surface area (Å²) in [5, 5.41) is 21.3. The minimum atomic E-state index is -0.402. The fraction of sp³-hybridized carbons (Fsp3) is 0.840. The average molecular weight is 468 g/mol.